The molecule has 0 rings (SSSR count). The Morgan fingerprint density at radius 3 is 2.21 bits per heavy atom. The average molecular weight is 275 g/mol. The second kappa shape index (κ2) is 9.15. The Labute approximate surface area is 112 Å². The van der Waals surface area contributed by atoms with E-state index in [1.54, 1.807) is 6.92 Å². The first kappa shape index (κ1) is 17.2. The largest absolute Gasteiger partial charge is 0.480 e. The molecule has 0 atom stereocenters. The van der Waals surface area contributed by atoms with Crippen LogP contribution in [0.2, 0.25) is 0 Å². The Balaban J connectivity index is 4.62. The van der Waals surface area contributed by atoms with Crippen molar-refractivity contribution in [2.75, 3.05) is 39.4 Å². The van der Waals surface area contributed by atoms with Gasteiger partial charge in [-0.15, -0.1) is 0 Å². The molecule has 19 heavy (non-hydrogen) atoms. The van der Waals surface area contributed by atoms with Crippen molar-refractivity contribution >= 4 is 17.9 Å². The molecule has 0 radical (unpaired) electrons. The van der Waals surface area contributed by atoms with Crippen molar-refractivity contribution in [1.29, 1.82) is 0 Å². The van der Waals surface area contributed by atoms with E-state index in [2.05, 4.69) is 0 Å². The Bertz CT molecular complexity index is 305. The summed E-state index contributed by atoms with van der Waals surface area (Å²) in [5.41, 5.74) is 5.00. The van der Waals surface area contributed by atoms with Crippen molar-refractivity contribution in [3.8, 4) is 0 Å². The lowest BCUT2D eigenvalue weighted by Crippen LogP contribution is -2.49. The second-order valence-corrected chi connectivity index (χ2v) is 3.78. The van der Waals surface area contributed by atoms with Gasteiger partial charge in [0.1, 0.15) is 13.1 Å². The molecular weight excluding hydrogens is 254 g/mol. The van der Waals surface area contributed by atoms with Crippen molar-refractivity contribution in [3.63, 3.8) is 0 Å². The highest BCUT2D eigenvalue weighted by Gasteiger charge is 2.23. The minimum atomic E-state index is -1.20. The molecule has 0 heterocycles. The number of ether oxygens (including phenoxy) is 1. The van der Waals surface area contributed by atoms with Crippen LogP contribution in [-0.4, -0.2) is 72.2 Å². The summed E-state index contributed by atoms with van der Waals surface area (Å²) in [6, 6.07) is -0.539. The van der Waals surface area contributed by atoms with Crippen LogP contribution in [0.4, 0.5) is 4.79 Å². The first-order valence-electron chi connectivity index (χ1n) is 6.04. The van der Waals surface area contributed by atoms with Gasteiger partial charge in [0.15, 0.2) is 0 Å². The third-order valence-corrected chi connectivity index (χ3v) is 2.31. The summed E-state index contributed by atoms with van der Waals surface area (Å²) < 4.78 is 5.14. The molecule has 3 amide bonds. The molecule has 8 heteroatoms. The third-order valence-electron chi connectivity index (χ3n) is 2.31. The van der Waals surface area contributed by atoms with Gasteiger partial charge in [0.2, 0.25) is 5.91 Å². The van der Waals surface area contributed by atoms with E-state index in [9.17, 15) is 14.4 Å². The van der Waals surface area contributed by atoms with Crippen LogP contribution in [0.1, 0.15) is 13.8 Å². The SMILES string of the molecule is CCOCCN(CC)C(=O)N(CC(N)=O)CC(=O)O. The highest BCUT2D eigenvalue weighted by atomic mass is 16.5. The maximum absolute atomic E-state index is 12.1. The van der Waals surface area contributed by atoms with Crippen LogP contribution in [-0.2, 0) is 14.3 Å². The molecule has 0 fully saturated rings. The van der Waals surface area contributed by atoms with E-state index < -0.39 is 31.0 Å². The molecule has 3 N–H and O–H groups in total. The molecule has 0 aromatic rings. The fourth-order valence-corrected chi connectivity index (χ4v) is 1.45. The van der Waals surface area contributed by atoms with Gasteiger partial charge < -0.3 is 25.4 Å². The van der Waals surface area contributed by atoms with Gasteiger partial charge in [0, 0.05) is 19.7 Å². The van der Waals surface area contributed by atoms with E-state index in [0.29, 0.717) is 26.3 Å². The highest BCUT2D eigenvalue weighted by Crippen LogP contribution is 1.99. The van der Waals surface area contributed by atoms with E-state index >= 15 is 0 Å². The molecule has 110 valence electrons. The maximum Gasteiger partial charge on any atom is 0.323 e. The molecule has 0 aromatic heterocycles. The van der Waals surface area contributed by atoms with Gasteiger partial charge in [-0.05, 0) is 13.8 Å². The number of hydrogen-bond acceptors (Lipinski definition) is 4. The van der Waals surface area contributed by atoms with E-state index in [-0.39, 0.29) is 0 Å². The van der Waals surface area contributed by atoms with Crippen LogP contribution < -0.4 is 5.73 Å². The number of carbonyl (C=O) groups excluding carboxylic acids is 2. The van der Waals surface area contributed by atoms with Crippen molar-refractivity contribution < 1.29 is 24.2 Å². The van der Waals surface area contributed by atoms with Crippen molar-refractivity contribution in [3.05, 3.63) is 0 Å². The topological polar surface area (TPSA) is 113 Å². The number of carboxylic acids is 1. The number of likely N-dealkylation sites (N-methyl/N-ethyl adjacent to an activating group) is 1. The van der Waals surface area contributed by atoms with Gasteiger partial charge in [-0.1, -0.05) is 0 Å². The number of aliphatic carboxylic acids is 1. The van der Waals surface area contributed by atoms with Crippen LogP contribution >= 0.6 is 0 Å². The first-order chi connectivity index (χ1) is 8.92. The fraction of sp³-hybridized carbons (Fsp3) is 0.727. The molecule has 0 unspecified atom stereocenters. The van der Waals surface area contributed by atoms with Crippen molar-refractivity contribution in [1.82, 2.24) is 9.80 Å². The molecule has 0 saturated heterocycles. The Kier molecular flexibility index (Phi) is 8.27. The average Bonchev–Trinajstić information content (AvgIpc) is 2.32. The molecule has 0 aromatic carbocycles. The minimum absolute atomic E-state index is 0.331. The number of primary amides is 1. The molecule has 8 nitrogen and oxygen atoms in total. The summed E-state index contributed by atoms with van der Waals surface area (Å²) in [5.74, 6) is -1.95. The summed E-state index contributed by atoms with van der Waals surface area (Å²) in [6.45, 7) is 4.22. The molecule has 0 saturated carbocycles. The second-order valence-electron chi connectivity index (χ2n) is 3.78. The summed E-state index contributed by atoms with van der Waals surface area (Å²) >= 11 is 0. The van der Waals surface area contributed by atoms with E-state index in [0.717, 1.165) is 4.90 Å². The number of nitrogens with two attached hydrogens (primary N) is 1. The lowest BCUT2D eigenvalue weighted by Gasteiger charge is -2.28. The molecule has 0 bridgehead atoms. The summed E-state index contributed by atoms with van der Waals surface area (Å²) in [6.07, 6.45) is 0. The summed E-state index contributed by atoms with van der Waals surface area (Å²) in [4.78, 5) is 35.9. The zero-order valence-electron chi connectivity index (χ0n) is 11.3. The van der Waals surface area contributed by atoms with Gasteiger partial charge in [-0.3, -0.25) is 9.59 Å². The van der Waals surface area contributed by atoms with Gasteiger partial charge >= 0.3 is 12.0 Å². The number of amides is 3. The number of carbonyl (C=O) groups is 3. The van der Waals surface area contributed by atoms with Crippen LogP contribution in [0.5, 0.6) is 0 Å². The van der Waals surface area contributed by atoms with Crippen LogP contribution in [0.3, 0.4) is 0 Å². The van der Waals surface area contributed by atoms with Crippen LogP contribution in [0.15, 0.2) is 0 Å². The molecule has 0 aliphatic carbocycles. The highest BCUT2D eigenvalue weighted by molar-refractivity contribution is 5.85. The number of rotatable bonds is 9. The van der Waals surface area contributed by atoms with Crippen molar-refractivity contribution in [2.24, 2.45) is 5.73 Å². The van der Waals surface area contributed by atoms with E-state index in [1.807, 2.05) is 6.92 Å². The monoisotopic (exact) mass is 275 g/mol. The number of carboxylic acid groups (broad SMARTS) is 1. The van der Waals surface area contributed by atoms with E-state index in [4.69, 9.17) is 15.6 Å². The molecular formula is C11H21N3O5. The maximum atomic E-state index is 12.1. The Morgan fingerprint density at radius 1 is 1.16 bits per heavy atom. The van der Waals surface area contributed by atoms with Gasteiger partial charge in [0.25, 0.3) is 0 Å². The smallest absolute Gasteiger partial charge is 0.323 e. The standard InChI is InChI=1S/C11H21N3O5/c1-3-13(5-6-19-4-2)11(18)14(7-9(12)15)8-10(16)17/h3-8H2,1-2H3,(H2,12,15)(H,16,17). The van der Waals surface area contributed by atoms with Gasteiger partial charge in [-0.2, -0.15) is 0 Å². The van der Waals surface area contributed by atoms with E-state index in [1.165, 1.54) is 4.90 Å². The van der Waals surface area contributed by atoms with Gasteiger partial charge in [-0.25, -0.2) is 4.79 Å². The predicted molar refractivity (Wildman–Crippen MR) is 67.5 cm³/mol. The molecule has 0 spiro atoms. The van der Waals surface area contributed by atoms with Crippen LogP contribution in [0, 0.1) is 0 Å². The molecule has 0 aliphatic rings. The summed E-state index contributed by atoms with van der Waals surface area (Å²) in [7, 11) is 0. The summed E-state index contributed by atoms with van der Waals surface area (Å²) in [5, 5.41) is 8.73. The fourth-order valence-electron chi connectivity index (χ4n) is 1.45. The lowest BCUT2D eigenvalue weighted by atomic mass is 10.4. The predicted octanol–water partition coefficient (Wildman–Crippen LogP) is -0.663. The Morgan fingerprint density at radius 2 is 1.79 bits per heavy atom. The quantitative estimate of drug-likeness (QED) is 0.542. The molecule has 0 aliphatic heterocycles. The zero-order chi connectivity index (χ0) is 14.8. The minimum Gasteiger partial charge on any atom is -0.480 e. The third kappa shape index (κ3) is 7.24. The number of urea groups is 1. The van der Waals surface area contributed by atoms with Crippen LogP contribution in [0.25, 0.3) is 0 Å². The lowest BCUT2D eigenvalue weighted by molar-refractivity contribution is -0.138. The normalized spacial score (nSPS) is 10.0. The zero-order valence-corrected chi connectivity index (χ0v) is 11.3. The number of hydrogen-bond donors (Lipinski definition) is 2. The van der Waals surface area contributed by atoms with Crippen molar-refractivity contribution in [2.45, 2.75) is 13.8 Å². The Hall–Kier alpha value is -1.83. The number of nitrogens with zero attached hydrogens (tertiary/aromatic N) is 2. The van der Waals surface area contributed by atoms with Gasteiger partial charge in [0.05, 0.1) is 6.61 Å². The first-order valence-corrected chi connectivity index (χ1v) is 6.04.